The number of amides is 2. The molecule has 1 N–H and O–H groups in total. The average Bonchev–Trinajstić information content (AvgIpc) is 2.94. The van der Waals surface area contributed by atoms with Crippen molar-refractivity contribution >= 4 is 11.8 Å². The van der Waals surface area contributed by atoms with E-state index in [4.69, 9.17) is 0 Å². The van der Waals surface area contributed by atoms with Crippen molar-refractivity contribution < 1.29 is 13.6 Å². The van der Waals surface area contributed by atoms with E-state index >= 15 is 0 Å². The van der Waals surface area contributed by atoms with Crippen LogP contribution in [0.3, 0.4) is 0 Å². The second kappa shape index (κ2) is 5.01. The van der Waals surface area contributed by atoms with Gasteiger partial charge < -0.3 is 4.90 Å². The Bertz CT molecular complexity index is 518. The van der Waals surface area contributed by atoms with Crippen molar-refractivity contribution in [2.24, 2.45) is 7.05 Å². The van der Waals surface area contributed by atoms with Gasteiger partial charge >= 0.3 is 6.03 Å². The van der Waals surface area contributed by atoms with E-state index in [1.54, 1.807) is 4.90 Å². The van der Waals surface area contributed by atoms with Gasteiger partial charge in [0, 0.05) is 45.3 Å². The molecule has 2 bridgehead atoms. The molecule has 110 valence electrons. The maximum Gasteiger partial charge on any atom is 0.323 e. The molecule has 1 aromatic rings. The molecule has 2 saturated heterocycles. The van der Waals surface area contributed by atoms with Gasteiger partial charge in [-0.3, -0.25) is 14.9 Å². The third-order valence-electron chi connectivity index (χ3n) is 3.98. The number of halogens is 2. The molecule has 0 aromatic carbocycles. The molecule has 2 fully saturated rings. The molecule has 0 spiro atoms. The summed E-state index contributed by atoms with van der Waals surface area (Å²) in [7, 11) is 1.44. The monoisotopic (exact) mass is 285 g/mol. The summed E-state index contributed by atoms with van der Waals surface area (Å²) in [5.41, 5.74) is -0.203. The second-order valence-corrected chi connectivity index (χ2v) is 5.25. The molecule has 2 aliphatic rings. The third-order valence-corrected chi connectivity index (χ3v) is 3.98. The Morgan fingerprint density at radius 2 is 2.25 bits per heavy atom. The Morgan fingerprint density at radius 1 is 1.45 bits per heavy atom. The molecule has 2 aliphatic heterocycles. The zero-order valence-corrected chi connectivity index (χ0v) is 11.2. The van der Waals surface area contributed by atoms with Crippen LogP contribution >= 0.6 is 0 Å². The summed E-state index contributed by atoms with van der Waals surface area (Å²) >= 11 is 0. The molecule has 20 heavy (non-hydrogen) atoms. The Kier molecular flexibility index (Phi) is 3.33. The van der Waals surface area contributed by atoms with E-state index in [0.29, 0.717) is 6.54 Å². The molecule has 0 aliphatic carbocycles. The van der Waals surface area contributed by atoms with Crippen LogP contribution in [-0.2, 0) is 7.05 Å². The van der Waals surface area contributed by atoms with E-state index in [2.05, 4.69) is 15.3 Å². The van der Waals surface area contributed by atoms with Crippen molar-refractivity contribution in [3.05, 3.63) is 11.8 Å². The molecule has 2 amide bonds. The number of aromatic nitrogens is 2. The van der Waals surface area contributed by atoms with E-state index in [9.17, 15) is 13.6 Å². The van der Waals surface area contributed by atoms with E-state index < -0.39 is 6.43 Å². The van der Waals surface area contributed by atoms with Gasteiger partial charge in [0.1, 0.15) is 5.69 Å². The molecular weight excluding hydrogens is 268 g/mol. The van der Waals surface area contributed by atoms with Crippen molar-refractivity contribution in [2.45, 2.75) is 18.9 Å². The maximum absolute atomic E-state index is 12.7. The quantitative estimate of drug-likeness (QED) is 0.890. The van der Waals surface area contributed by atoms with Gasteiger partial charge in [-0.25, -0.2) is 13.6 Å². The highest BCUT2D eigenvalue weighted by atomic mass is 19.3. The van der Waals surface area contributed by atoms with Gasteiger partial charge in [-0.2, -0.15) is 5.10 Å². The topological polar surface area (TPSA) is 53.4 Å². The highest BCUT2D eigenvalue weighted by molar-refractivity contribution is 5.88. The second-order valence-electron chi connectivity index (χ2n) is 5.25. The van der Waals surface area contributed by atoms with Crippen LogP contribution < -0.4 is 5.32 Å². The number of urea groups is 1. The van der Waals surface area contributed by atoms with Crippen LogP contribution in [0.1, 0.15) is 18.5 Å². The fourth-order valence-electron chi connectivity index (χ4n) is 2.90. The largest absolute Gasteiger partial charge is 0.323 e. The summed E-state index contributed by atoms with van der Waals surface area (Å²) in [6.45, 7) is 3.46. The van der Waals surface area contributed by atoms with Crippen molar-refractivity contribution in [3.8, 4) is 0 Å². The van der Waals surface area contributed by atoms with Crippen molar-refractivity contribution in [1.82, 2.24) is 19.6 Å². The number of hydrogen-bond acceptors (Lipinski definition) is 3. The predicted molar refractivity (Wildman–Crippen MR) is 68.7 cm³/mol. The van der Waals surface area contributed by atoms with Crippen molar-refractivity contribution in [1.29, 1.82) is 0 Å². The fourth-order valence-corrected chi connectivity index (χ4v) is 2.90. The number of rotatable bonds is 2. The predicted octanol–water partition coefficient (Wildman–Crippen LogP) is 1.28. The first-order valence-electron chi connectivity index (χ1n) is 6.66. The number of carbonyl (C=O) groups excluding carboxylic acids is 1. The van der Waals surface area contributed by atoms with Gasteiger partial charge in [0.25, 0.3) is 6.43 Å². The third kappa shape index (κ3) is 2.35. The first-order chi connectivity index (χ1) is 9.54. The minimum Gasteiger partial charge on any atom is -0.319 e. The Morgan fingerprint density at radius 3 is 2.95 bits per heavy atom. The molecule has 0 saturated carbocycles. The molecule has 6 nitrogen and oxygen atoms in total. The number of piperazine rings is 1. The Labute approximate surface area is 115 Å². The van der Waals surface area contributed by atoms with Crippen LogP contribution in [0.15, 0.2) is 6.07 Å². The van der Waals surface area contributed by atoms with Crippen molar-refractivity contribution in [2.75, 3.05) is 31.5 Å². The molecule has 1 aromatic heterocycles. The van der Waals surface area contributed by atoms with Gasteiger partial charge in [-0.05, 0) is 6.42 Å². The lowest BCUT2D eigenvalue weighted by atomic mass is 10.2. The standard InChI is InChI=1S/C12H17F2N5O/c1-17-9(11(13)14)6-10(16-17)15-12(20)19-5-4-18-3-2-8(19)7-18/h6,8,11H,2-5,7H2,1H3,(H,15,16,20). The van der Waals surface area contributed by atoms with Gasteiger partial charge in [0.2, 0.25) is 0 Å². The highest BCUT2D eigenvalue weighted by Crippen LogP contribution is 2.23. The van der Waals surface area contributed by atoms with Crippen LogP contribution in [-0.4, -0.2) is 57.8 Å². The Balaban J connectivity index is 1.68. The summed E-state index contributed by atoms with van der Waals surface area (Å²) in [6, 6.07) is 1.19. The minimum absolute atomic E-state index is 0.174. The van der Waals surface area contributed by atoms with Gasteiger partial charge in [0.05, 0.1) is 0 Å². The summed E-state index contributed by atoms with van der Waals surface area (Å²) in [5.74, 6) is 0.174. The SMILES string of the molecule is Cn1nc(NC(=O)N2CCN3CCC2C3)cc1C(F)F. The van der Waals surface area contributed by atoms with Crippen LogP contribution in [0.4, 0.5) is 19.4 Å². The number of nitrogens with zero attached hydrogens (tertiary/aromatic N) is 4. The Hall–Kier alpha value is -1.70. The zero-order valence-electron chi connectivity index (χ0n) is 11.2. The van der Waals surface area contributed by atoms with E-state index in [1.165, 1.54) is 13.1 Å². The van der Waals surface area contributed by atoms with E-state index in [-0.39, 0.29) is 23.6 Å². The lowest BCUT2D eigenvalue weighted by Gasteiger charge is -2.34. The number of anilines is 1. The molecular formula is C12H17F2N5O. The van der Waals surface area contributed by atoms with Gasteiger partial charge in [-0.15, -0.1) is 0 Å². The smallest absolute Gasteiger partial charge is 0.319 e. The van der Waals surface area contributed by atoms with Gasteiger partial charge in [0.15, 0.2) is 5.82 Å². The summed E-state index contributed by atoms with van der Waals surface area (Å²) in [4.78, 5) is 16.3. The molecule has 8 heteroatoms. The number of nitrogens with one attached hydrogen (secondary N) is 1. The summed E-state index contributed by atoms with van der Waals surface area (Å²) in [6.07, 6.45) is -1.63. The van der Waals surface area contributed by atoms with E-state index in [0.717, 1.165) is 30.7 Å². The minimum atomic E-state index is -2.60. The van der Waals surface area contributed by atoms with Crippen LogP contribution in [0.25, 0.3) is 0 Å². The number of carbonyl (C=O) groups is 1. The van der Waals surface area contributed by atoms with Gasteiger partial charge in [-0.1, -0.05) is 0 Å². The highest BCUT2D eigenvalue weighted by Gasteiger charge is 2.35. The molecule has 2 atom stereocenters. The number of alkyl halides is 2. The molecule has 2 unspecified atom stereocenters. The maximum atomic E-state index is 12.7. The van der Waals surface area contributed by atoms with Crippen LogP contribution in [0.5, 0.6) is 0 Å². The average molecular weight is 285 g/mol. The molecule has 3 rings (SSSR count). The lowest BCUT2D eigenvalue weighted by Crippen LogP contribution is -2.51. The van der Waals surface area contributed by atoms with Crippen LogP contribution in [0, 0.1) is 0 Å². The first-order valence-corrected chi connectivity index (χ1v) is 6.66. The number of aryl methyl sites for hydroxylation is 1. The summed E-state index contributed by atoms with van der Waals surface area (Å²) < 4.78 is 26.4. The zero-order chi connectivity index (χ0) is 14.3. The summed E-state index contributed by atoms with van der Waals surface area (Å²) in [5, 5.41) is 6.51. The molecule has 3 heterocycles. The van der Waals surface area contributed by atoms with Crippen LogP contribution in [0.2, 0.25) is 0 Å². The molecule has 0 radical (unpaired) electrons. The lowest BCUT2D eigenvalue weighted by molar-refractivity contribution is 0.141. The first kappa shape index (κ1) is 13.3. The number of fused-ring (bicyclic) bond motifs is 2. The number of hydrogen-bond donors (Lipinski definition) is 1. The van der Waals surface area contributed by atoms with Crippen molar-refractivity contribution in [3.63, 3.8) is 0 Å². The normalized spacial score (nSPS) is 25.3. The fraction of sp³-hybridized carbons (Fsp3) is 0.667. The van der Waals surface area contributed by atoms with E-state index in [1.807, 2.05) is 0 Å².